The fraction of sp³-hybridized carbons (Fsp3) is 1.00. The fourth-order valence-corrected chi connectivity index (χ4v) is 2.18. The van der Waals surface area contributed by atoms with E-state index in [-0.39, 0.29) is 0 Å². The summed E-state index contributed by atoms with van der Waals surface area (Å²) in [6, 6.07) is 0.736. The third-order valence-electron chi connectivity index (χ3n) is 3.47. The molecule has 0 aromatic rings. The van der Waals surface area contributed by atoms with Gasteiger partial charge in [0.25, 0.3) is 0 Å². The number of likely N-dealkylation sites (N-methyl/N-ethyl adjacent to an activating group) is 1. The lowest BCUT2D eigenvalue weighted by atomic mass is 10.1. The summed E-state index contributed by atoms with van der Waals surface area (Å²) in [5.41, 5.74) is 0. The first kappa shape index (κ1) is 10.0. The van der Waals surface area contributed by atoms with Crippen LogP contribution in [0.3, 0.4) is 0 Å². The normalized spacial score (nSPS) is 37.8. The van der Waals surface area contributed by atoms with Crippen LogP contribution in [0, 0.1) is 0 Å². The Morgan fingerprint density at radius 2 is 2.08 bits per heavy atom. The van der Waals surface area contributed by atoms with Gasteiger partial charge in [0.2, 0.25) is 0 Å². The van der Waals surface area contributed by atoms with Crippen LogP contribution in [0.25, 0.3) is 0 Å². The van der Waals surface area contributed by atoms with Gasteiger partial charge in [0.15, 0.2) is 0 Å². The number of aliphatic hydroxyl groups is 1. The van der Waals surface area contributed by atoms with E-state index >= 15 is 0 Å². The molecule has 0 aromatic carbocycles. The molecule has 0 aromatic heterocycles. The van der Waals surface area contributed by atoms with Crippen molar-refractivity contribution in [3.63, 3.8) is 0 Å². The molecule has 0 amide bonds. The van der Waals surface area contributed by atoms with E-state index in [0.29, 0.717) is 6.61 Å². The molecular weight excluding hydrogens is 150 g/mol. The molecular formula is C10H22NO+. The molecule has 0 radical (unpaired) electrons. The molecule has 0 bridgehead atoms. The van der Waals surface area contributed by atoms with E-state index in [1.807, 2.05) is 0 Å². The van der Waals surface area contributed by atoms with Crippen LogP contribution in [0.4, 0.5) is 0 Å². The summed E-state index contributed by atoms with van der Waals surface area (Å²) >= 11 is 0. The summed E-state index contributed by atoms with van der Waals surface area (Å²) in [7, 11) is 2.28. The molecule has 0 saturated carbocycles. The first-order valence-electron chi connectivity index (χ1n) is 5.14. The highest BCUT2D eigenvalue weighted by atomic mass is 16.3. The van der Waals surface area contributed by atoms with Gasteiger partial charge in [-0.15, -0.1) is 0 Å². The number of hydrogen-bond donors (Lipinski definition) is 1. The van der Waals surface area contributed by atoms with Gasteiger partial charge in [0.05, 0.1) is 26.2 Å². The van der Waals surface area contributed by atoms with Crippen LogP contribution >= 0.6 is 0 Å². The Hall–Kier alpha value is -0.0800. The van der Waals surface area contributed by atoms with Gasteiger partial charge in [-0.25, -0.2) is 0 Å². The molecule has 1 fully saturated rings. The maximum absolute atomic E-state index is 8.98. The minimum absolute atomic E-state index is 0.334. The lowest BCUT2D eigenvalue weighted by molar-refractivity contribution is -0.931. The van der Waals surface area contributed by atoms with Crippen LogP contribution in [-0.2, 0) is 0 Å². The molecule has 1 N–H and O–H groups in total. The standard InChI is InChI=1S/C10H22NO/c1-10-6-4-3-5-7-11(10,2)8-9-12/h10,12H,3-9H2,1-2H3/q+1/t10-,11?/m0/s1. The van der Waals surface area contributed by atoms with Gasteiger partial charge in [-0.1, -0.05) is 0 Å². The van der Waals surface area contributed by atoms with Crippen molar-refractivity contribution in [1.82, 2.24) is 0 Å². The Morgan fingerprint density at radius 1 is 1.33 bits per heavy atom. The number of rotatable bonds is 2. The number of likely N-dealkylation sites (tertiary alicyclic amines) is 1. The van der Waals surface area contributed by atoms with Crippen molar-refractivity contribution in [3.8, 4) is 0 Å². The Labute approximate surface area is 75.8 Å². The number of hydrogen-bond acceptors (Lipinski definition) is 1. The Morgan fingerprint density at radius 3 is 2.75 bits per heavy atom. The van der Waals surface area contributed by atoms with Gasteiger partial charge in [-0.05, 0) is 32.6 Å². The van der Waals surface area contributed by atoms with Gasteiger partial charge >= 0.3 is 0 Å². The summed E-state index contributed by atoms with van der Waals surface area (Å²) in [4.78, 5) is 0. The third kappa shape index (κ3) is 2.20. The van der Waals surface area contributed by atoms with Crippen LogP contribution in [0.15, 0.2) is 0 Å². The van der Waals surface area contributed by atoms with Crippen molar-refractivity contribution in [2.45, 2.75) is 38.6 Å². The molecule has 12 heavy (non-hydrogen) atoms. The molecule has 2 heteroatoms. The van der Waals surface area contributed by atoms with Crippen LogP contribution < -0.4 is 0 Å². The lowest BCUT2D eigenvalue weighted by Gasteiger charge is -2.38. The van der Waals surface area contributed by atoms with Crippen LogP contribution in [0.1, 0.15) is 32.6 Å². The Bertz CT molecular complexity index is 138. The summed E-state index contributed by atoms with van der Waals surface area (Å²) in [5, 5.41) is 8.98. The second-order valence-electron chi connectivity index (χ2n) is 4.35. The minimum Gasteiger partial charge on any atom is -0.391 e. The SMILES string of the molecule is C[C@H]1CCCCC[N+]1(C)CCO. The van der Waals surface area contributed by atoms with Crippen molar-refractivity contribution < 1.29 is 9.59 Å². The molecule has 1 saturated heterocycles. The van der Waals surface area contributed by atoms with Gasteiger partial charge < -0.3 is 9.59 Å². The first-order chi connectivity index (χ1) is 5.69. The van der Waals surface area contributed by atoms with E-state index < -0.39 is 0 Å². The largest absolute Gasteiger partial charge is 0.391 e. The maximum atomic E-state index is 8.98. The predicted molar refractivity (Wildman–Crippen MR) is 50.9 cm³/mol. The van der Waals surface area contributed by atoms with Crippen LogP contribution in [-0.4, -0.2) is 42.4 Å². The quantitative estimate of drug-likeness (QED) is 0.624. The second-order valence-corrected chi connectivity index (χ2v) is 4.35. The molecule has 1 heterocycles. The fourth-order valence-electron chi connectivity index (χ4n) is 2.18. The Kier molecular flexibility index (Phi) is 3.53. The topological polar surface area (TPSA) is 20.2 Å². The second kappa shape index (κ2) is 4.24. The monoisotopic (exact) mass is 172 g/mol. The average Bonchev–Trinajstić information content (AvgIpc) is 2.17. The molecule has 0 aliphatic carbocycles. The molecule has 2 atom stereocenters. The number of aliphatic hydroxyl groups excluding tert-OH is 1. The molecule has 1 rings (SSSR count). The number of quaternary nitrogens is 1. The lowest BCUT2D eigenvalue weighted by Crippen LogP contribution is -2.52. The molecule has 1 unspecified atom stereocenters. The van der Waals surface area contributed by atoms with Gasteiger partial charge in [-0.2, -0.15) is 0 Å². The Balaban J connectivity index is 2.55. The maximum Gasteiger partial charge on any atom is 0.102 e. The summed E-state index contributed by atoms with van der Waals surface area (Å²) in [5.74, 6) is 0. The highest BCUT2D eigenvalue weighted by Gasteiger charge is 2.29. The van der Waals surface area contributed by atoms with Crippen LogP contribution in [0.2, 0.25) is 0 Å². The van der Waals surface area contributed by atoms with Crippen molar-refractivity contribution in [1.29, 1.82) is 0 Å². The zero-order valence-corrected chi connectivity index (χ0v) is 8.42. The summed E-state index contributed by atoms with van der Waals surface area (Å²) in [6.07, 6.45) is 5.42. The molecule has 72 valence electrons. The molecule has 2 nitrogen and oxygen atoms in total. The van der Waals surface area contributed by atoms with E-state index in [9.17, 15) is 0 Å². The predicted octanol–water partition coefficient (Wildman–Crippen LogP) is 1.39. The van der Waals surface area contributed by atoms with E-state index in [4.69, 9.17) is 5.11 Å². The minimum atomic E-state index is 0.334. The average molecular weight is 172 g/mol. The molecule has 0 spiro atoms. The smallest absolute Gasteiger partial charge is 0.102 e. The first-order valence-corrected chi connectivity index (χ1v) is 5.14. The van der Waals surface area contributed by atoms with Gasteiger partial charge in [-0.3, -0.25) is 0 Å². The van der Waals surface area contributed by atoms with Crippen molar-refractivity contribution >= 4 is 0 Å². The van der Waals surface area contributed by atoms with E-state index in [1.165, 1.54) is 32.2 Å². The van der Waals surface area contributed by atoms with E-state index in [0.717, 1.165) is 17.1 Å². The van der Waals surface area contributed by atoms with E-state index in [2.05, 4.69) is 14.0 Å². The zero-order valence-electron chi connectivity index (χ0n) is 8.42. The van der Waals surface area contributed by atoms with Crippen LogP contribution in [0.5, 0.6) is 0 Å². The summed E-state index contributed by atoms with van der Waals surface area (Å²) in [6.45, 7) is 4.84. The zero-order chi connectivity index (χ0) is 9.03. The highest BCUT2D eigenvalue weighted by molar-refractivity contribution is 4.59. The van der Waals surface area contributed by atoms with Crippen molar-refractivity contribution in [2.75, 3.05) is 26.7 Å². The summed E-state index contributed by atoms with van der Waals surface area (Å²) < 4.78 is 1.08. The van der Waals surface area contributed by atoms with Crippen molar-refractivity contribution in [3.05, 3.63) is 0 Å². The van der Waals surface area contributed by atoms with Gasteiger partial charge in [0, 0.05) is 0 Å². The molecule has 1 aliphatic rings. The molecule has 1 aliphatic heterocycles. The highest BCUT2D eigenvalue weighted by Crippen LogP contribution is 2.21. The third-order valence-corrected chi connectivity index (χ3v) is 3.47. The number of nitrogens with zero attached hydrogens (tertiary/aromatic N) is 1. The van der Waals surface area contributed by atoms with Crippen molar-refractivity contribution in [2.24, 2.45) is 0 Å². The van der Waals surface area contributed by atoms with Gasteiger partial charge in [0.1, 0.15) is 6.54 Å². The van der Waals surface area contributed by atoms with E-state index in [1.54, 1.807) is 0 Å².